The van der Waals surface area contributed by atoms with Gasteiger partial charge in [0.05, 0.1) is 6.10 Å². The van der Waals surface area contributed by atoms with E-state index in [1.54, 1.807) is 4.90 Å². The summed E-state index contributed by atoms with van der Waals surface area (Å²) in [6, 6.07) is 0. The van der Waals surface area contributed by atoms with Gasteiger partial charge < -0.3 is 15.1 Å². The summed E-state index contributed by atoms with van der Waals surface area (Å²) in [7, 11) is 0. The first-order chi connectivity index (χ1) is 7.78. The molecule has 0 aliphatic carbocycles. The molecule has 108 valence electrons. The molecule has 1 aliphatic heterocycles. The van der Waals surface area contributed by atoms with Crippen molar-refractivity contribution in [1.29, 1.82) is 0 Å². The van der Waals surface area contributed by atoms with E-state index in [0.29, 0.717) is 25.9 Å². The average molecular weight is 281 g/mol. The van der Waals surface area contributed by atoms with Crippen molar-refractivity contribution in [3.8, 4) is 0 Å². The van der Waals surface area contributed by atoms with Crippen molar-refractivity contribution in [2.75, 3.05) is 19.3 Å². The molecule has 1 amide bonds. The summed E-state index contributed by atoms with van der Waals surface area (Å²) in [5.41, 5.74) is -0.463. The summed E-state index contributed by atoms with van der Waals surface area (Å²) in [6.07, 6.45) is 2.63. The van der Waals surface area contributed by atoms with Gasteiger partial charge in [0.2, 0.25) is 0 Å². The van der Waals surface area contributed by atoms with Gasteiger partial charge in [-0.25, -0.2) is 9.00 Å². The Hall–Kier alpha value is -0.660. The highest BCUT2D eigenvalue weighted by atomic mass is 32.2. The Kier molecular flexibility index (Phi) is 6.80. The second-order valence-corrected chi connectivity index (χ2v) is 6.16. The number of hydrogen-bond donors (Lipinski definition) is 0. The Morgan fingerprint density at radius 1 is 1.28 bits per heavy atom. The molecule has 1 aliphatic rings. The fourth-order valence-corrected chi connectivity index (χ4v) is 2.23. The quantitative estimate of drug-likeness (QED) is 0.751. The van der Waals surface area contributed by atoms with Crippen LogP contribution in [0, 0.1) is 0 Å². The Bertz CT molecular complexity index is 294. The standard InChI is InChI=1S/C11H21NO4S.H2O/c1-11(2,3)15-10(13)12-7-5-9(6-8-12)16-17(4)14;/h9H,5-8H2,1-4H3;1H2. The number of nitrogens with zero attached hydrogens (tertiary/aromatic N) is 1. The lowest BCUT2D eigenvalue weighted by Crippen LogP contribution is -2.43. The van der Waals surface area contributed by atoms with Crippen LogP contribution in [0.3, 0.4) is 0 Å². The lowest BCUT2D eigenvalue weighted by Gasteiger charge is -2.32. The zero-order valence-corrected chi connectivity index (χ0v) is 12.2. The molecule has 1 saturated heterocycles. The normalized spacial score (nSPS) is 19.0. The molecule has 0 aromatic carbocycles. The predicted molar refractivity (Wildman–Crippen MR) is 69.6 cm³/mol. The van der Waals surface area contributed by atoms with Crippen molar-refractivity contribution in [2.24, 2.45) is 0 Å². The Morgan fingerprint density at radius 3 is 2.17 bits per heavy atom. The predicted octanol–water partition coefficient (Wildman–Crippen LogP) is 0.871. The van der Waals surface area contributed by atoms with Gasteiger partial charge in [0.25, 0.3) is 0 Å². The summed E-state index contributed by atoms with van der Waals surface area (Å²) in [6.45, 7) is 6.73. The second-order valence-electron chi connectivity index (χ2n) is 5.16. The van der Waals surface area contributed by atoms with E-state index in [2.05, 4.69) is 0 Å². The van der Waals surface area contributed by atoms with Gasteiger partial charge in [-0.05, 0) is 33.6 Å². The minimum atomic E-state index is -1.24. The number of ether oxygens (including phenoxy) is 1. The molecule has 0 spiro atoms. The third-order valence-corrected chi connectivity index (χ3v) is 2.91. The molecule has 1 atom stereocenters. The lowest BCUT2D eigenvalue weighted by molar-refractivity contribution is 0.0138. The second kappa shape index (κ2) is 7.06. The SMILES string of the molecule is CS(=O)OC1CCN(C(=O)OC(C)(C)C)CC1.O. The first-order valence-electron chi connectivity index (χ1n) is 5.76. The van der Waals surface area contributed by atoms with Crippen LogP contribution in [0.15, 0.2) is 0 Å². The third-order valence-electron chi connectivity index (χ3n) is 2.37. The highest BCUT2D eigenvalue weighted by Crippen LogP contribution is 2.17. The third kappa shape index (κ3) is 6.32. The van der Waals surface area contributed by atoms with Crippen LogP contribution in [-0.4, -0.2) is 51.7 Å². The number of amides is 1. The van der Waals surface area contributed by atoms with Crippen LogP contribution in [0.1, 0.15) is 33.6 Å². The van der Waals surface area contributed by atoms with Crippen LogP contribution in [0.5, 0.6) is 0 Å². The van der Waals surface area contributed by atoms with Gasteiger partial charge in [0.15, 0.2) is 11.1 Å². The number of rotatable bonds is 2. The van der Waals surface area contributed by atoms with Crippen molar-refractivity contribution < 1.29 is 23.4 Å². The average Bonchev–Trinajstić information content (AvgIpc) is 2.15. The highest BCUT2D eigenvalue weighted by molar-refractivity contribution is 7.79. The number of piperidine rings is 1. The molecule has 2 N–H and O–H groups in total. The number of carbonyl (C=O) groups is 1. The van der Waals surface area contributed by atoms with Crippen molar-refractivity contribution in [1.82, 2.24) is 4.90 Å². The fourth-order valence-electron chi connectivity index (χ4n) is 1.65. The first kappa shape index (κ1) is 17.3. The summed E-state index contributed by atoms with van der Waals surface area (Å²) in [4.78, 5) is 13.4. The Balaban J connectivity index is 0.00000289. The lowest BCUT2D eigenvalue weighted by atomic mass is 10.1. The van der Waals surface area contributed by atoms with E-state index in [1.165, 1.54) is 6.26 Å². The molecule has 0 bridgehead atoms. The van der Waals surface area contributed by atoms with E-state index in [1.807, 2.05) is 20.8 Å². The van der Waals surface area contributed by atoms with Gasteiger partial charge in [-0.2, -0.15) is 0 Å². The minimum absolute atomic E-state index is 0. The minimum Gasteiger partial charge on any atom is -0.444 e. The molecule has 0 aromatic heterocycles. The molecule has 0 saturated carbocycles. The maximum absolute atomic E-state index is 11.7. The van der Waals surface area contributed by atoms with Crippen molar-refractivity contribution >= 4 is 17.2 Å². The van der Waals surface area contributed by atoms with Crippen molar-refractivity contribution in [3.63, 3.8) is 0 Å². The molecule has 0 radical (unpaired) electrons. The van der Waals surface area contributed by atoms with Gasteiger partial charge in [-0.15, -0.1) is 0 Å². The summed E-state index contributed by atoms with van der Waals surface area (Å²) in [5.74, 6) is 0. The number of likely N-dealkylation sites (tertiary alicyclic amines) is 1. The largest absolute Gasteiger partial charge is 0.444 e. The van der Waals surface area contributed by atoms with E-state index < -0.39 is 16.7 Å². The number of hydrogen-bond acceptors (Lipinski definition) is 4. The smallest absolute Gasteiger partial charge is 0.410 e. The van der Waals surface area contributed by atoms with E-state index in [0.717, 1.165) is 0 Å². The maximum Gasteiger partial charge on any atom is 0.410 e. The van der Waals surface area contributed by atoms with Crippen LogP contribution in [0.25, 0.3) is 0 Å². The van der Waals surface area contributed by atoms with E-state index >= 15 is 0 Å². The molecule has 1 unspecified atom stereocenters. The molecule has 0 aromatic rings. The fraction of sp³-hybridized carbons (Fsp3) is 0.909. The Morgan fingerprint density at radius 2 is 1.78 bits per heavy atom. The van der Waals surface area contributed by atoms with Gasteiger partial charge in [0, 0.05) is 19.3 Å². The zero-order chi connectivity index (χ0) is 13.1. The van der Waals surface area contributed by atoms with Gasteiger partial charge >= 0.3 is 6.09 Å². The summed E-state index contributed by atoms with van der Waals surface area (Å²) in [5, 5.41) is 0. The number of carbonyl (C=O) groups excluding carboxylic acids is 1. The molecule has 1 rings (SSSR count). The van der Waals surface area contributed by atoms with Gasteiger partial charge in [-0.1, -0.05) is 0 Å². The maximum atomic E-state index is 11.7. The van der Waals surface area contributed by atoms with E-state index in [4.69, 9.17) is 8.92 Å². The molecule has 1 heterocycles. The molecule has 1 fully saturated rings. The van der Waals surface area contributed by atoms with Crippen LogP contribution < -0.4 is 0 Å². The highest BCUT2D eigenvalue weighted by Gasteiger charge is 2.27. The van der Waals surface area contributed by atoms with Crippen molar-refractivity contribution in [2.45, 2.75) is 45.3 Å². The van der Waals surface area contributed by atoms with E-state index in [9.17, 15) is 9.00 Å². The van der Waals surface area contributed by atoms with Gasteiger partial charge in [-0.3, -0.25) is 4.18 Å². The molecular weight excluding hydrogens is 258 g/mol. The Labute approximate surface area is 111 Å². The van der Waals surface area contributed by atoms with Crippen molar-refractivity contribution in [3.05, 3.63) is 0 Å². The van der Waals surface area contributed by atoms with E-state index in [-0.39, 0.29) is 17.7 Å². The molecule has 18 heavy (non-hydrogen) atoms. The molecular formula is C11H23NO5S. The van der Waals surface area contributed by atoms with Crippen LogP contribution in [0.4, 0.5) is 4.79 Å². The molecule has 6 nitrogen and oxygen atoms in total. The van der Waals surface area contributed by atoms with Gasteiger partial charge in [0.1, 0.15) is 5.60 Å². The zero-order valence-electron chi connectivity index (χ0n) is 11.4. The van der Waals surface area contributed by atoms with Crippen LogP contribution in [-0.2, 0) is 20.0 Å². The summed E-state index contributed by atoms with van der Waals surface area (Å²) < 4.78 is 21.4. The van der Waals surface area contributed by atoms with Crippen LogP contribution in [0.2, 0.25) is 0 Å². The topological polar surface area (TPSA) is 87.3 Å². The monoisotopic (exact) mass is 281 g/mol. The molecule has 7 heteroatoms. The first-order valence-corrected chi connectivity index (χ1v) is 7.25. The van der Waals surface area contributed by atoms with Crippen LogP contribution >= 0.6 is 0 Å². The summed E-state index contributed by atoms with van der Waals surface area (Å²) >= 11 is -1.24.